The second-order valence-corrected chi connectivity index (χ2v) is 27.1. The minimum atomic E-state index is -1.72. The van der Waals surface area contributed by atoms with Crippen LogP contribution in [0.15, 0.2) is 138 Å². The van der Waals surface area contributed by atoms with Crippen molar-refractivity contribution < 1.29 is 24.5 Å². The zero-order chi connectivity index (χ0) is 39.8. The van der Waals surface area contributed by atoms with Crippen LogP contribution < -0.4 is 4.40 Å². The van der Waals surface area contributed by atoms with Crippen LogP contribution in [0.2, 0.25) is 17.3 Å². The molecule has 0 saturated carbocycles. The van der Waals surface area contributed by atoms with E-state index in [1.807, 2.05) is 55.7 Å². The summed E-state index contributed by atoms with van der Waals surface area (Å²) in [6, 6.07) is 48.8. The first kappa shape index (κ1) is 41.0. The topological polar surface area (TPSA) is 56.7 Å². The molecule has 0 aliphatic carbocycles. The average molecular weight is 998 g/mol. The molecule has 4 aromatic heterocycles. The van der Waals surface area contributed by atoms with Crippen molar-refractivity contribution in [3.8, 4) is 39.5 Å². The fourth-order valence-electron chi connectivity index (χ4n) is 7.49. The molecule has 0 atom stereocenters. The second kappa shape index (κ2) is 17.0. The monoisotopic (exact) mass is 999 g/mol. The van der Waals surface area contributed by atoms with Crippen molar-refractivity contribution in [1.29, 1.82) is 0 Å². The molecule has 9 rings (SSSR count). The van der Waals surface area contributed by atoms with Crippen molar-refractivity contribution in [2.75, 3.05) is 0 Å². The van der Waals surface area contributed by atoms with Gasteiger partial charge in [0.15, 0.2) is 0 Å². The predicted molar refractivity (Wildman–Crippen MR) is 240 cm³/mol. The Morgan fingerprint density at radius 1 is 0.672 bits per heavy atom. The van der Waals surface area contributed by atoms with Crippen LogP contribution in [0.25, 0.3) is 72.4 Å². The summed E-state index contributed by atoms with van der Waals surface area (Å²) >= 11 is -1.72. The van der Waals surface area contributed by atoms with E-state index in [-0.39, 0.29) is 20.1 Å². The van der Waals surface area contributed by atoms with Gasteiger partial charge in [0.2, 0.25) is 0 Å². The third kappa shape index (κ3) is 8.11. The molecule has 0 amide bonds. The van der Waals surface area contributed by atoms with Gasteiger partial charge in [0.25, 0.3) is 0 Å². The van der Waals surface area contributed by atoms with E-state index in [9.17, 15) is 0 Å². The van der Waals surface area contributed by atoms with Crippen molar-refractivity contribution in [3.05, 3.63) is 163 Å². The Morgan fingerprint density at radius 2 is 1.38 bits per heavy atom. The van der Waals surface area contributed by atoms with E-state index < -0.39 is 13.3 Å². The number of imidazole rings is 1. The number of aromatic nitrogens is 4. The Hall–Kier alpha value is -5.14. The van der Waals surface area contributed by atoms with Gasteiger partial charge in [0, 0.05) is 49.1 Å². The van der Waals surface area contributed by atoms with Crippen LogP contribution in [-0.4, -0.2) is 32.8 Å². The quantitative estimate of drug-likeness (QED) is 0.118. The molecule has 4 heterocycles. The minimum absolute atomic E-state index is 0. The van der Waals surface area contributed by atoms with Crippen molar-refractivity contribution in [1.82, 2.24) is 19.5 Å². The molecule has 9 aromatic rings. The van der Waals surface area contributed by atoms with Gasteiger partial charge in [-0.3, -0.25) is 9.97 Å². The van der Waals surface area contributed by atoms with E-state index in [2.05, 4.69) is 157 Å². The number of rotatable bonds is 7. The number of benzene rings is 5. The summed E-state index contributed by atoms with van der Waals surface area (Å²) in [4.78, 5) is 14.3. The largest absolute Gasteiger partial charge is 0 e. The number of hydrogen-bond acceptors (Lipinski definition) is 4. The number of para-hydroxylation sites is 2. The zero-order valence-corrected chi connectivity index (χ0v) is 38.9. The normalized spacial score (nSPS) is 11.6. The molecule has 0 aliphatic rings. The molecule has 0 N–H and O–H groups in total. The minimum Gasteiger partial charge on any atom is 0 e. The Bertz CT molecular complexity index is 2810. The summed E-state index contributed by atoms with van der Waals surface area (Å²) in [5, 5.41) is 2.02. The molecule has 1 radical (unpaired) electrons. The third-order valence-corrected chi connectivity index (χ3v) is 14.9. The molecule has 0 aliphatic heterocycles. The van der Waals surface area contributed by atoms with E-state index in [1.165, 1.54) is 32.3 Å². The van der Waals surface area contributed by atoms with Gasteiger partial charge < -0.3 is 8.98 Å². The van der Waals surface area contributed by atoms with E-state index in [1.54, 1.807) is 0 Å². The summed E-state index contributed by atoms with van der Waals surface area (Å²) in [5.74, 6) is 8.55. The summed E-state index contributed by atoms with van der Waals surface area (Å²) in [6.45, 7) is 11.1. The average Bonchev–Trinajstić information content (AvgIpc) is 3.79. The number of furan rings is 1. The Morgan fingerprint density at radius 3 is 2.03 bits per heavy atom. The third-order valence-electron chi connectivity index (χ3n) is 10.6. The molecule has 0 bridgehead atoms. The van der Waals surface area contributed by atoms with Gasteiger partial charge in [0.1, 0.15) is 5.58 Å². The fraction of sp³-hybridized carbons (Fsp3) is 0.196. The van der Waals surface area contributed by atoms with Crippen molar-refractivity contribution in [2.45, 2.75) is 63.7 Å². The molecule has 5 nitrogen and oxygen atoms in total. The van der Waals surface area contributed by atoms with Crippen LogP contribution in [0, 0.1) is 19.1 Å². The van der Waals surface area contributed by atoms with Crippen molar-refractivity contribution in [3.63, 3.8) is 0 Å². The first-order chi connectivity index (χ1) is 27.5. The van der Waals surface area contributed by atoms with Gasteiger partial charge in [-0.25, -0.2) is 0 Å². The summed E-state index contributed by atoms with van der Waals surface area (Å²) in [6.07, 6.45) is 3.94. The van der Waals surface area contributed by atoms with Crippen LogP contribution >= 0.6 is 0 Å². The SMILES string of the molecule is Cc1cc2oc3c(-c4nc5ccccc5n4-c4c(C(C)C)cc(-c5ccccc5)cc4C(C)C)[c-]ccc3c2cn1.[CH3][Ge]([CH3])([CH3])[c]1ccc(-c2[c-]cccc2)nc1.[Ir]. The smallest absolute Gasteiger partial charge is 0 e. The van der Waals surface area contributed by atoms with Gasteiger partial charge in [0.05, 0.1) is 22.4 Å². The summed E-state index contributed by atoms with van der Waals surface area (Å²) < 4.78 is 10.3. The van der Waals surface area contributed by atoms with Gasteiger partial charge in [-0.05, 0) is 65.3 Å². The molecule has 293 valence electrons. The first-order valence-corrected chi connectivity index (χ1v) is 27.2. The van der Waals surface area contributed by atoms with E-state index in [0.29, 0.717) is 11.8 Å². The molecule has 0 saturated heterocycles. The van der Waals surface area contributed by atoms with E-state index in [4.69, 9.17) is 9.40 Å². The fourth-order valence-corrected chi connectivity index (χ4v) is 9.66. The molecule has 7 heteroatoms. The number of pyridine rings is 2. The number of nitrogens with zero attached hydrogens (tertiary/aromatic N) is 4. The van der Waals surface area contributed by atoms with Gasteiger partial charge in [-0.1, -0.05) is 81.1 Å². The summed E-state index contributed by atoms with van der Waals surface area (Å²) in [7, 11) is 0. The van der Waals surface area contributed by atoms with E-state index >= 15 is 0 Å². The summed E-state index contributed by atoms with van der Waals surface area (Å²) in [5.41, 5.74) is 13.7. The number of fused-ring (bicyclic) bond motifs is 4. The van der Waals surface area contributed by atoms with Crippen LogP contribution in [0.5, 0.6) is 0 Å². The molecular weight excluding hydrogens is 949 g/mol. The molecule has 0 unspecified atom stereocenters. The molecule has 5 aromatic carbocycles. The predicted octanol–water partition coefficient (Wildman–Crippen LogP) is 13.1. The molecular formula is C51H48GeIrN4O-2. The molecule has 0 fully saturated rings. The van der Waals surface area contributed by atoms with Crippen LogP contribution in [-0.2, 0) is 20.1 Å². The van der Waals surface area contributed by atoms with Gasteiger partial charge >= 0.3 is 99.8 Å². The maximum atomic E-state index is 6.51. The Kier molecular flexibility index (Phi) is 12.0. The number of aryl methyl sites for hydroxylation is 1. The van der Waals surface area contributed by atoms with Crippen LogP contribution in [0.4, 0.5) is 0 Å². The maximum Gasteiger partial charge on any atom is 0 e. The molecule has 0 spiro atoms. The zero-order valence-electron chi connectivity index (χ0n) is 34.4. The number of hydrogen-bond donors (Lipinski definition) is 0. The van der Waals surface area contributed by atoms with E-state index in [0.717, 1.165) is 61.3 Å². The maximum absolute atomic E-state index is 6.51. The Balaban J connectivity index is 0.000000254. The van der Waals surface area contributed by atoms with Gasteiger partial charge in [-0.15, -0.1) is 18.2 Å². The molecule has 58 heavy (non-hydrogen) atoms. The second-order valence-electron chi connectivity index (χ2n) is 16.4. The first-order valence-electron chi connectivity index (χ1n) is 19.8. The van der Waals surface area contributed by atoms with Gasteiger partial charge in [-0.2, -0.15) is 0 Å². The Labute approximate surface area is 358 Å². The standard InChI is InChI=1S/C37H32N3O.C14H16GeN.Ir/c1-22(2)29-19-26(25-12-7-6-8-13-25)20-30(23(3)4)35(29)40-33-17-10-9-16-32(33)39-37(40)28-15-11-14-27-31-21-38-24(5)18-34(31)41-36(27)28;1-15(2,3)13-9-10-14(16-11-13)12-7-5-4-6-8-12;/h6-14,16-23H,1-5H3;4-7,9-11H,1-3H3;/q2*-1;. The van der Waals surface area contributed by atoms with Crippen molar-refractivity contribution >= 4 is 50.6 Å². The van der Waals surface area contributed by atoms with Crippen LogP contribution in [0.1, 0.15) is 56.4 Å². The van der Waals surface area contributed by atoms with Crippen LogP contribution in [0.3, 0.4) is 0 Å². The van der Waals surface area contributed by atoms with Crippen molar-refractivity contribution in [2.24, 2.45) is 0 Å².